The summed E-state index contributed by atoms with van der Waals surface area (Å²) in [6, 6.07) is 9.99. The fourth-order valence-electron chi connectivity index (χ4n) is 2.05. The summed E-state index contributed by atoms with van der Waals surface area (Å²) in [7, 11) is -1.02. The second-order valence-electron chi connectivity index (χ2n) is 4.61. The summed E-state index contributed by atoms with van der Waals surface area (Å²) in [5, 5.41) is 0. The van der Waals surface area contributed by atoms with Gasteiger partial charge in [-0.15, -0.1) is 11.8 Å². The molecule has 2 rings (SSSR count). The second kappa shape index (κ2) is 6.02. The molecule has 18 heavy (non-hydrogen) atoms. The molecule has 4 heteroatoms. The molecule has 0 N–H and O–H groups in total. The molecule has 1 aliphatic rings. The maximum atomic E-state index is 12.3. The Morgan fingerprint density at radius 3 is 2.78 bits per heavy atom. The van der Waals surface area contributed by atoms with Crippen LogP contribution in [0.5, 0.6) is 0 Å². The van der Waals surface area contributed by atoms with E-state index in [0.717, 1.165) is 18.6 Å². The highest BCUT2D eigenvalue weighted by Crippen LogP contribution is 2.36. The lowest BCUT2D eigenvalue weighted by Crippen LogP contribution is -2.41. The van der Waals surface area contributed by atoms with Gasteiger partial charge in [-0.1, -0.05) is 30.3 Å². The lowest BCUT2D eigenvalue weighted by Gasteiger charge is -2.30. The number of hydrogen-bond acceptors (Lipinski definition) is 3. The van der Waals surface area contributed by atoms with E-state index in [4.69, 9.17) is 0 Å². The monoisotopic (exact) mass is 282 g/mol. The predicted molar refractivity (Wildman–Crippen MR) is 78.3 cm³/mol. The first-order chi connectivity index (χ1) is 8.63. The van der Waals surface area contributed by atoms with Crippen LogP contribution in [0.1, 0.15) is 25.3 Å². The first-order valence-corrected chi connectivity index (χ1v) is 8.53. The van der Waals surface area contributed by atoms with Crippen molar-refractivity contribution < 1.29 is 9.00 Å². The lowest BCUT2D eigenvalue weighted by atomic mass is 10.1. The Labute approximate surface area is 115 Å². The van der Waals surface area contributed by atoms with Crippen molar-refractivity contribution in [3.8, 4) is 0 Å². The molecule has 0 bridgehead atoms. The van der Waals surface area contributed by atoms with Gasteiger partial charge in [0.05, 0.1) is 0 Å². The average Bonchev–Trinajstić information content (AvgIpc) is 2.40. The number of hydrogen-bond donors (Lipinski definition) is 0. The van der Waals surface area contributed by atoms with Gasteiger partial charge in [0.25, 0.3) is 0 Å². The standard InChI is InChI=1S/C14H18O2S2/c1-14(17-10-5-11-18(14)16)13(15)9-8-12-6-3-2-4-7-12/h2-4,6-7H,5,8-11H2,1H3/t14-,18?/m0/s1. The van der Waals surface area contributed by atoms with Crippen molar-refractivity contribution in [1.82, 2.24) is 0 Å². The molecule has 1 aliphatic heterocycles. The van der Waals surface area contributed by atoms with Crippen molar-refractivity contribution >= 4 is 28.3 Å². The molecule has 2 nitrogen and oxygen atoms in total. The first-order valence-electron chi connectivity index (χ1n) is 6.22. The number of aryl methyl sites for hydroxylation is 1. The van der Waals surface area contributed by atoms with Crippen LogP contribution in [0.2, 0.25) is 0 Å². The Bertz CT molecular complexity index is 444. The van der Waals surface area contributed by atoms with Gasteiger partial charge in [-0.05, 0) is 31.1 Å². The molecule has 1 aromatic rings. The van der Waals surface area contributed by atoms with Crippen LogP contribution < -0.4 is 0 Å². The number of benzene rings is 1. The molecule has 0 amide bonds. The fourth-order valence-corrected chi connectivity index (χ4v) is 5.36. The normalized spacial score (nSPS) is 27.9. The van der Waals surface area contributed by atoms with E-state index in [9.17, 15) is 9.00 Å². The number of rotatable bonds is 4. The van der Waals surface area contributed by atoms with Gasteiger partial charge in [0.15, 0.2) is 5.78 Å². The van der Waals surface area contributed by atoms with Crippen LogP contribution in [0.25, 0.3) is 0 Å². The van der Waals surface area contributed by atoms with E-state index in [-0.39, 0.29) is 5.78 Å². The van der Waals surface area contributed by atoms with Crippen LogP contribution in [0.3, 0.4) is 0 Å². The lowest BCUT2D eigenvalue weighted by molar-refractivity contribution is -0.119. The Balaban J connectivity index is 1.97. The van der Waals surface area contributed by atoms with Crippen molar-refractivity contribution in [2.24, 2.45) is 0 Å². The Morgan fingerprint density at radius 2 is 2.11 bits per heavy atom. The van der Waals surface area contributed by atoms with Crippen molar-refractivity contribution in [2.45, 2.75) is 30.3 Å². The van der Waals surface area contributed by atoms with E-state index in [2.05, 4.69) is 0 Å². The van der Waals surface area contributed by atoms with E-state index < -0.39 is 14.9 Å². The summed E-state index contributed by atoms with van der Waals surface area (Å²) in [5.74, 6) is 1.74. The smallest absolute Gasteiger partial charge is 0.161 e. The molecule has 1 unspecified atom stereocenters. The molecule has 1 aromatic carbocycles. The molecule has 0 radical (unpaired) electrons. The molecule has 98 valence electrons. The maximum absolute atomic E-state index is 12.3. The zero-order valence-corrected chi connectivity index (χ0v) is 12.2. The summed E-state index contributed by atoms with van der Waals surface area (Å²) in [6.45, 7) is 1.85. The highest BCUT2D eigenvalue weighted by Gasteiger charge is 2.41. The minimum atomic E-state index is -1.02. The molecule has 0 aliphatic carbocycles. The molecule has 1 saturated heterocycles. The number of carbonyl (C=O) groups excluding carboxylic acids is 1. The molecular weight excluding hydrogens is 264 g/mol. The number of Topliss-reactive ketones (excluding diaryl/α,β-unsaturated/α-hetero) is 1. The van der Waals surface area contributed by atoms with Gasteiger partial charge in [-0.3, -0.25) is 9.00 Å². The van der Waals surface area contributed by atoms with E-state index >= 15 is 0 Å². The Hall–Kier alpha value is -0.610. The Kier molecular flexibility index (Phi) is 4.62. The van der Waals surface area contributed by atoms with E-state index in [1.165, 1.54) is 5.56 Å². The molecular formula is C14H18O2S2. The van der Waals surface area contributed by atoms with Gasteiger partial charge in [-0.2, -0.15) is 0 Å². The van der Waals surface area contributed by atoms with E-state index in [0.29, 0.717) is 12.2 Å². The van der Waals surface area contributed by atoms with Crippen LogP contribution >= 0.6 is 11.8 Å². The summed E-state index contributed by atoms with van der Waals surface area (Å²) >= 11 is 1.57. The van der Waals surface area contributed by atoms with Crippen molar-refractivity contribution in [3.63, 3.8) is 0 Å². The van der Waals surface area contributed by atoms with Crippen molar-refractivity contribution in [1.29, 1.82) is 0 Å². The van der Waals surface area contributed by atoms with Crippen molar-refractivity contribution in [2.75, 3.05) is 11.5 Å². The third kappa shape index (κ3) is 3.04. The fraction of sp³-hybridized carbons (Fsp3) is 0.500. The topological polar surface area (TPSA) is 34.1 Å². The molecule has 1 heterocycles. The van der Waals surface area contributed by atoms with E-state index in [1.807, 2.05) is 37.3 Å². The van der Waals surface area contributed by atoms with Crippen LogP contribution in [-0.2, 0) is 22.0 Å². The van der Waals surface area contributed by atoms with Crippen LogP contribution in [-0.4, -0.2) is 25.6 Å². The van der Waals surface area contributed by atoms with Crippen molar-refractivity contribution in [3.05, 3.63) is 35.9 Å². The van der Waals surface area contributed by atoms with Crippen LogP contribution in [0, 0.1) is 0 Å². The number of carbonyl (C=O) groups is 1. The summed E-state index contributed by atoms with van der Waals surface area (Å²) in [6.07, 6.45) is 2.19. The van der Waals surface area contributed by atoms with Crippen LogP contribution in [0.15, 0.2) is 30.3 Å². The van der Waals surface area contributed by atoms with Gasteiger partial charge >= 0.3 is 0 Å². The second-order valence-corrected chi connectivity index (χ2v) is 8.29. The molecule has 0 aromatic heterocycles. The highest BCUT2D eigenvalue weighted by atomic mass is 32.2. The van der Waals surface area contributed by atoms with E-state index in [1.54, 1.807) is 11.8 Å². The summed E-state index contributed by atoms with van der Waals surface area (Å²) in [4.78, 5) is 12.3. The highest BCUT2D eigenvalue weighted by molar-refractivity contribution is 8.14. The molecule has 0 saturated carbocycles. The van der Waals surface area contributed by atoms with Gasteiger partial charge in [0.2, 0.25) is 0 Å². The quantitative estimate of drug-likeness (QED) is 0.851. The minimum Gasteiger partial charge on any atom is -0.297 e. The molecule has 1 fully saturated rings. The third-order valence-corrected chi connectivity index (χ3v) is 7.21. The average molecular weight is 282 g/mol. The predicted octanol–water partition coefficient (Wildman–Crippen LogP) is 2.79. The SMILES string of the molecule is C[C@]1(C(=O)CCc2ccccc2)SCCCS1=O. The maximum Gasteiger partial charge on any atom is 0.161 e. The van der Waals surface area contributed by atoms with Gasteiger partial charge < -0.3 is 0 Å². The minimum absolute atomic E-state index is 0.134. The zero-order chi connectivity index (χ0) is 13.0. The van der Waals surface area contributed by atoms with Gasteiger partial charge in [0.1, 0.15) is 4.08 Å². The molecule has 2 atom stereocenters. The largest absolute Gasteiger partial charge is 0.297 e. The zero-order valence-electron chi connectivity index (χ0n) is 10.6. The Morgan fingerprint density at radius 1 is 1.39 bits per heavy atom. The number of thioether (sulfide) groups is 1. The summed E-state index contributed by atoms with van der Waals surface area (Å²) in [5.41, 5.74) is 1.17. The van der Waals surface area contributed by atoms with Crippen LogP contribution in [0.4, 0.5) is 0 Å². The first kappa shape index (κ1) is 13.8. The van der Waals surface area contributed by atoms with Gasteiger partial charge in [0, 0.05) is 23.0 Å². The molecule has 0 spiro atoms. The number of ketones is 1. The van der Waals surface area contributed by atoms with Gasteiger partial charge in [-0.25, -0.2) is 0 Å². The summed E-state index contributed by atoms with van der Waals surface area (Å²) < 4.78 is 11.4. The third-order valence-electron chi connectivity index (χ3n) is 3.28.